The summed E-state index contributed by atoms with van der Waals surface area (Å²) in [5, 5.41) is 15.8. The second-order valence-corrected chi connectivity index (χ2v) is 4.49. The Hall–Kier alpha value is -2.13. The summed E-state index contributed by atoms with van der Waals surface area (Å²) in [7, 11) is 0. The number of hydrogen-bond donors (Lipinski definition) is 2. The Balaban J connectivity index is 2.06. The smallest absolute Gasteiger partial charge is 0.307 e. The molecule has 1 atom stereocenters. The number of nitrogens with one attached hydrogen (secondary N) is 2. The maximum absolute atomic E-state index is 13.5. The molecule has 21 heavy (non-hydrogen) atoms. The number of nitro benzene ring substituents is 1. The Morgan fingerprint density at radius 3 is 2.86 bits per heavy atom. The second-order valence-electron chi connectivity index (χ2n) is 4.49. The highest BCUT2D eigenvalue weighted by Crippen LogP contribution is 2.25. The van der Waals surface area contributed by atoms with Crippen LogP contribution in [0.1, 0.15) is 6.42 Å². The number of benzene rings is 1. The lowest BCUT2D eigenvalue weighted by Crippen LogP contribution is -2.40. The fourth-order valence-electron chi connectivity index (χ4n) is 1.93. The van der Waals surface area contributed by atoms with Crippen LogP contribution >= 0.6 is 0 Å². The van der Waals surface area contributed by atoms with Gasteiger partial charge in [-0.25, -0.2) is 4.39 Å². The predicted octanol–water partition coefficient (Wildman–Crippen LogP) is 1.19. The van der Waals surface area contributed by atoms with Crippen molar-refractivity contribution in [3.8, 4) is 0 Å². The summed E-state index contributed by atoms with van der Waals surface area (Å²) in [4.78, 5) is 21.4. The number of amides is 1. The normalized spacial score (nSPS) is 18.3. The van der Waals surface area contributed by atoms with E-state index in [-0.39, 0.29) is 12.5 Å². The molecule has 2 rings (SSSR count). The van der Waals surface area contributed by atoms with Crippen molar-refractivity contribution in [2.45, 2.75) is 12.5 Å². The van der Waals surface area contributed by atoms with Gasteiger partial charge in [-0.15, -0.1) is 0 Å². The first-order chi connectivity index (χ1) is 9.97. The van der Waals surface area contributed by atoms with E-state index in [1.54, 1.807) is 0 Å². The number of halogens is 2. The number of ether oxygens (including phenoxy) is 1. The molecule has 0 saturated carbocycles. The standard InChI is InChI=1S/C12H13F2N3O4/c13-8-4-9(14)11(17(19)20)5-10(8)16-12(18)3-7-6-15-1-2-21-7/h4-5,7,15H,1-3,6H2,(H,16,18). The largest absolute Gasteiger partial charge is 0.375 e. The Morgan fingerprint density at radius 2 is 2.24 bits per heavy atom. The monoisotopic (exact) mass is 301 g/mol. The number of morpholine rings is 1. The molecule has 114 valence electrons. The van der Waals surface area contributed by atoms with Crippen LogP contribution in [-0.4, -0.2) is 36.6 Å². The minimum atomic E-state index is -1.30. The van der Waals surface area contributed by atoms with Crippen LogP contribution in [0.3, 0.4) is 0 Å². The number of hydrogen-bond acceptors (Lipinski definition) is 5. The molecule has 0 aromatic heterocycles. The summed E-state index contributed by atoms with van der Waals surface area (Å²) in [5.74, 6) is -2.94. The summed E-state index contributed by atoms with van der Waals surface area (Å²) in [6, 6.07) is 1.02. The number of anilines is 1. The third kappa shape index (κ3) is 3.92. The fraction of sp³-hybridized carbons (Fsp3) is 0.417. The number of rotatable bonds is 4. The molecular weight excluding hydrogens is 288 g/mol. The number of nitro groups is 1. The quantitative estimate of drug-likeness (QED) is 0.643. The summed E-state index contributed by atoms with van der Waals surface area (Å²) >= 11 is 0. The van der Waals surface area contributed by atoms with Crippen molar-refractivity contribution < 1.29 is 23.2 Å². The molecule has 1 aliphatic heterocycles. The summed E-state index contributed by atoms with van der Waals surface area (Å²) < 4.78 is 32.0. The average molecular weight is 301 g/mol. The van der Waals surface area contributed by atoms with Gasteiger partial charge in [-0.1, -0.05) is 0 Å². The van der Waals surface area contributed by atoms with Gasteiger partial charge in [-0.2, -0.15) is 4.39 Å². The molecule has 1 fully saturated rings. The second kappa shape index (κ2) is 6.55. The Morgan fingerprint density at radius 1 is 1.48 bits per heavy atom. The summed E-state index contributed by atoms with van der Waals surface area (Å²) in [6.07, 6.45) is -0.380. The van der Waals surface area contributed by atoms with Crippen LogP contribution in [0.4, 0.5) is 20.2 Å². The maximum atomic E-state index is 13.5. The molecule has 2 N–H and O–H groups in total. The fourth-order valence-corrected chi connectivity index (χ4v) is 1.93. The SMILES string of the molecule is O=C(CC1CNCCO1)Nc1cc([N+](=O)[O-])c(F)cc1F. The van der Waals surface area contributed by atoms with Crippen molar-refractivity contribution in [1.29, 1.82) is 0 Å². The van der Waals surface area contributed by atoms with E-state index in [4.69, 9.17) is 4.74 Å². The van der Waals surface area contributed by atoms with Crippen LogP contribution in [0.2, 0.25) is 0 Å². The van der Waals surface area contributed by atoms with Gasteiger partial charge < -0.3 is 15.4 Å². The molecule has 0 aliphatic carbocycles. The van der Waals surface area contributed by atoms with Gasteiger partial charge in [0.05, 0.1) is 29.7 Å². The molecule has 7 nitrogen and oxygen atoms in total. The number of nitrogens with zero attached hydrogens (tertiary/aromatic N) is 1. The van der Waals surface area contributed by atoms with E-state index >= 15 is 0 Å². The van der Waals surface area contributed by atoms with Gasteiger partial charge in [-0.05, 0) is 0 Å². The topological polar surface area (TPSA) is 93.5 Å². The van der Waals surface area contributed by atoms with E-state index in [1.165, 1.54) is 0 Å². The maximum Gasteiger partial charge on any atom is 0.307 e. The molecule has 0 bridgehead atoms. The molecule has 1 amide bonds. The first-order valence-electron chi connectivity index (χ1n) is 6.23. The lowest BCUT2D eigenvalue weighted by atomic mass is 10.2. The third-order valence-electron chi connectivity index (χ3n) is 2.92. The van der Waals surface area contributed by atoms with Gasteiger partial charge in [0, 0.05) is 25.2 Å². The lowest BCUT2D eigenvalue weighted by Gasteiger charge is -2.23. The van der Waals surface area contributed by atoms with E-state index in [9.17, 15) is 23.7 Å². The molecule has 1 heterocycles. The molecule has 1 aromatic rings. The molecular formula is C12H13F2N3O4. The minimum Gasteiger partial charge on any atom is -0.375 e. The van der Waals surface area contributed by atoms with Crippen molar-refractivity contribution in [2.75, 3.05) is 25.0 Å². The van der Waals surface area contributed by atoms with Crippen LogP contribution in [0.5, 0.6) is 0 Å². The van der Waals surface area contributed by atoms with Crippen molar-refractivity contribution in [3.05, 3.63) is 33.9 Å². The van der Waals surface area contributed by atoms with Crippen molar-refractivity contribution >= 4 is 17.3 Å². The molecule has 1 aromatic carbocycles. The Kier molecular flexibility index (Phi) is 4.76. The summed E-state index contributed by atoms with van der Waals surface area (Å²) in [6.45, 7) is 1.64. The highest BCUT2D eigenvalue weighted by molar-refractivity contribution is 5.91. The van der Waals surface area contributed by atoms with Crippen LogP contribution in [0, 0.1) is 21.7 Å². The van der Waals surface area contributed by atoms with Crippen LogP contribution in [0.25, 0.3) is 0 Å². The van der Waals surface area contributed by atoms with Gasteiger partial charge in [0.1, 0.15) is 5.82 Å². The van der Waals surface area contributed by atoms with Crippen molar-refractivity contribution in [1.82, 2.24) is 5.32 Å². The van der Waals surface area contributed by atoms with E-state index in [0.29, 0.717) is 31.8 Å². The van der Waals surface area contributed by atoms with Crippen LogP contribution < -0.4 is 10.6 Å². The first kappa shape index (κ1) is 15.3. The van der Waals surface area contributed by atoms with E-state index < -0.39 is 33.8 Å². The number of carbonyl (C=O) groups is 1. The van der Waals surface area contributed by atoms with Crippen LogP contribution in [0.15, 0.2) is 12.1 Å². The lowest BCUT2D eigenvalue weighted by molar-refractivity contribution is -0.387. The van der Waals surface area contributed by atoms with E-state index in [2.05, 4.69) is 10.6 Å². The van der Waals surface area contributed by atoms with Gasteiger partial charge in [-0.3, -0.25) is 14.9 Å². The minimum absolute atomic E-state index is 0.0301. The molecule has 1 aliphatic rings. The van der Waals surface area contributed by atoms with Gasteiger partial charge >= 0.3 is 5.69 Å². The zero-order valence-electron chi connectivity index (χ0n) is 10.9. The Bertz CT molecular complexity index is 562. The first-order valence-corrected chi connectivity index (χ1v) is 6.23. The zero-order valence-corrected chi connectivity index (χ0v) is 10.9. The van der Waals surface area contributed by atoms with E-state index in [1.807, 2.05) is 0 Å². The predicted molar refractivity (Wildman–Crippen MR) is 68.9 cm³/mol. The van der Waals surface area contributed by atoms with E-state index in [0.717, 1.165) is 0 Å². The highest BCUT2D eigenvalue weighted by atomic mass is 19.1. The van der Waals surface area contributed by atoms with Crippen LogP contribution in [-0.2, 0) is 9.53 Å². The number of carbonyl (C=O) groups excluding carboxylic acids is 1. The van der Waals surface area contributed by atoms with Gasteiger partial charge in [0.2, 0.25) is 11.7 Å². The molecule has 0 radical (unpaired) electrons. The molecule has 1 unspecified atom stereocenters. The zero-order chi connectivity index (χ0) is 15.4. The van der Waals surface area contributed by atoms with Gasteiger partial charge in [0.25, 0.3) is 0 Å². The third-order valence-corrected chi connectivity index (χ3v) is 2.92. The molecule has 9 heteroatoms. The van der Waals surface area contributed by atoms with Crippen molar-refractivity contribution in [2.24, 2.45) is 0 Å². The molecule has 1 saturated heterocycles. The highest BCUT2D eigenvalue weighted by Gasteiger charge is 2.22. The summed E-state index contributed by atoms with van der Waals surface area (Å²) in [5.41, 5.74) is -1.33. The van der Waals surface area contributed by atoms with Crippen molar-refractivity contribution in [3.63, 3.8) is 0 Å². The Labute approximate surface area is 118 Å². The van der Waals surface area contributed by atoms with Gasteiger partial charge in [0.15, 0.2) is 0 Å². The average Bonchev–Trinajstić information content (AvgIpc) is 2.42. The molecule has 0 spiro atoms.